The van der Waals surface area contributed by atoms with Gasteiger partial charge in [-0.1, -0.05) is 20.3 Å². The first-order chi connectivity index (χ1) is 10.1. The normalized spacial score (nSPS) is 24.9. The van der Waals surface area contributed by atoms with E-state index in [1.54, 1.807) is 6.20 Å². The van der Waals surface area contributed by atoms with Crippen LogP contribution in [0.3, 0.4) is 0 Å². The highest BCUT2D eigenvalue weighted by Crippen LogP contribution is 2.34. The van der Waals surface area contributed by atoms with Gasteiger partial charge in [0.2, 0.25) is 0 Å². The summed E-state index contributed by atoms with van der Waals surface area (Å²) in [4.78, 5) is 16.9. The predicted molar refractivity (Wildman–Crippen MR) is 89.5 cm³/mol. The molecule has 1 aliphatic carbocycles. The summed E-state index contributed by atoms with van der Waals surface area (Å²) < 4.78 is 0.820. The maximum absolute atomic E-state index is 12.6. The van der Waals surface area contributed by atoms with Crippen LogP contribution >= 0.6 is 15.9 Å². The van der Waals surface area contributed by atoms with E-state index in [9.17, 15) is 4.79 Å². The van der Waals surface area contributed by atoms with Crippen molar-refractivity contribution in [3.8, 4) is 0 Å². The second-order valence-corrected chi connectivity index (χ2v) is 6.68. The summed E-state index contributed by atoms with van der Waals surface area (Å²) in [5.41, 5.74) is 0.610. The van der Waals surface area contributed by atoms with E-state index in [4.69, 9.17) is 0 Å². The van der Waals surface area contributed by atoms with Crippen molar-refractivity contribution in [3.63, 3.8) is 0 Å². The first-order valence-electron chi connectivity index (χ1n) is 7.77. The number of halogens is 1. The van der Waals surface area contributed by atoms with Gasteiger partial charge in [-0.25, -0.2) is 4.98 Å². The van der Waals surface area contributed by atoms with E-state index in [0.29, 0.717) is 17.3 Å². The molecule has 0 aromatic carbocycles. The highest BCUT2D eigenvalue weighted by atomic mass is 79.9. The zero-order valence-electron chi connectivity index (χ0n) is 12.9. The lowest BCUT2D eigenvalue weighted by Crippen LogP contribution is -2.38. The van der Waals surface area contributed by atoms with E-state index in [2.05, 4.69) is 45.4 Å². The molecule has 2 N–H and O–H groups in total. The SMILES string of the molecule is CCNc1ncc(Br)cc1C(=O)NC1CCC(CC)C1C. The van der Waals surface area contributed by atoms with Gasteiger partial charge in [0.15, 0.2) is 0 Å². The molecule has 0 spiro atoms. The smallest absolute Gasteiger partial charge is 0.255 e. The topological polar surface area (TPSA) is 54.0 Å². The van der Waals surface area contributed by atoms with Gasteiger partial charge in [0, 0.05) is 23.3 Å². The molecule has 4 nitrogen and oxygen atoms in total. The Morgan fingerprint density at radius 1 is 1.43 bits per heavy atom. The lowest BCUT2D eigenvalue weighted by Gasteiger charge is -2.21. The van der Waals surface area contributed by atoms with Crippen molar-refractivity contribution >= 4 is 27.7 Å². The third-order valence-corrected chi connectivity index (χ3v) is 4.94. The zero-order valence-corrected chi connectivity index (χ0v) is 14.5. The Kier molecular flexibility index (Phi) is 5.62. The first-order valence-corrected chi connectivity index (χ1v) is 8.56. The van der Waals surface area contributed by atoms with Crippen molar-refractivity contribution in [2.24, 2.45) is 11.8 Å². The van der Waals surface area contributed by atoms with Crippen molar-refractivity contribution in [1.82, 2.24) is 10.3 Å². The number of anilines is 1. The molecule has 1 amide bonds. The van der Waals surface area contributed by atoms with Crippen LogP contribution in [0.1, 0.15) is 50.4 Å². The summed E-state index contributed by atoms with van der Waals surface area (Å²) >= 11 is 3.39. The van der Waals surface area contributed by atoms with Crippen LogP contribution in [0.15, 0.2) is 16.7 Å². The Balaban J connectivity index is 2.12. The summed E-state index contributed by atoms with van der Waals surface area (Å²) in [6.07, 6.45) is 5.18. The van der Waals surface area contributed by atoms with Crippen LogP contribution in [0.4, 0.5) is 5.82 Å². The minimum absolute atomic E-state index is 0.0339. The Bertz CT molecular complexity index is 506. The Morgan fingerprint density at radius 2 is 2.19 bits per heavy atom. The van der Waals surface area contributed by atoms with E-state index >= 15 is 0 Å². The van der Waals surface area contributed by atoms with Crippen molar-refractivity contribution in [3.05, 3.63) is 22.3 Å². The summed E-state index contributed by atoms with van der Waals surface area (Å²) in [7, 11) is 0. The highest BCUT2D eigenvalue weighted by molar-refractivity contribution is 9.10. The van der Waals surface area contributed by atoms with Crippen LogP contribution in [0, 0.1) is 11.8 Å². The molecule has 0 saturated heterocycles. The van der Waals surface area contributed by atoms with Crippen LogP contribution in [0.25, 0.3) is 0 Å². The van der Waals surface area contributed by atoms with Gasteiger partial charge in [0.1, 0.15) is 5.82 Å². The standard InChI is InChI=1S/C16H24BrN3O/c1-4-11-6-7-14(10(11)3)20-16(21)13-8-12(17)9-19-15(13)18-5-2/h8-11,14H,4-7H2,1-3H3,(H,18,19)(H,20,21). The number of amides is 1. The molecule has 1 heterocycles. The number of aromatic nitrogens is 1. The fraction of sp³-hybridized carbons (Fsp3) is 0.625. The second kappa shape index (κ2) is 7.25. The molecule has 0 aliphatic heterocycles. The molecule has 0 bridgehead atoms. The summed E-state index contributed by atoms with van der Waals surface area (Å²) in [5.74, 6) is 1.88. The average Bonchev–Trinajstić information content (AvgIpc) is 2.81. The van der Waals surface area contributed by atoms with Gasteiger partial charge in [-0.2, -0.15) is 0 Å². The molecular weight excluding hydrogens is 330 g/mol. The van der Waals surface area contributed by atoms with Gasteiger partial charge in [-0.3, -0.25) is 4.79 Å². The molecule has 5 heteroatoms. The second-order valence-electron chi connectivity index (χ2n) is 5.76. The zero-order chi connectivity index (χ0) is 15.4. The molecule has 1 aromatic rings. The quantitative estimate of drug-likeness (QED) is 0.845. The molecule has 1 fully saturated rings. The van der Waals surface area contributed by atoms with E-state index in [0.717, 1.165) is 23.4 Å². The third-order valence-electron chi connectivity index (χ3n) is 4.51. The van der Waals surface area contributed by atoms with E-state index in [1.807, 2.05) is 13.0 Å². The largest absolute Gasteiger partial charge is 0.370 e. The minimum atomic E-state index is -0.0339. The average molecular weight is 354 g/mol. The van der Waals surface area contributed by atoms with Crippen LogP contribution in [0.5, 0.6) is 0 Å². The van der Waals surface area contributed by atoms with Crippen LogP contribution in [-0.2, 0) is 0 Å². The Morgan fingerprint density at radius 3 is 2.81 bits per heavy atom. The van der Waals surface area contributed by atoms with E-state index in [1.165, 1.54) is 12.8 Å². The summed E-state index contributed by atoms with van der Waals surface area (Å²) in [6, 6.07) is 2.10. The van der Waals surface area contributed by atoms with Crippen LogP contribution in [-0.4, -0.2) is 23.5 Å². The van der Waals surface area contributed by atoms with Crippen LogP contribution < -0.4 is 10.6 Å². The van der Waals surface area contributed by atoms with Gasteiger partial charge >= 0.3 is 0 Å². The molecule has 1 aromatic heterocycles. The van der Waals surface area contributed by atoms with Crippen molar-refractivity contribution in [2.45, 2.75) is 46.1 Å². The maximum Gasteiger partial charge on any atom is 0.255 e. The first kappa shape index (κ1) is 16.3. The number of carbonyl (C=O) groups is 1. The lowest BCUT2D eigenvalue weighted by molar-refractivity contribution is 0.0927. The van der Waals surface area contributed by atoms with E-state index in [-0.39, 0.29) is 11.9 Å². The molecular formula is C16H24BrN3O. The lowest BCUT2D eigenvalue weighted by atomic mass is 9.93. The minimum Gasteiger partial charge on any atom is -0.370 e. The number of nitrogens with one attached hydrogen (secondary N) is 2. The molecule has 1 saturated carbocycles. The monoisotopic (exact) mass is 353 g/mol. The molecule has 2 rings (SSSR count). The number of pyridine rings is 1. The highest BCUT2D eigenvalue weighted by Gasteiger charge is 2.33. The Hall–Kier alpha value is -1.10. The molecule has 1 aliphatic rings. The molecule has 0 radical (unpaired) electrons. The third kappa shape index (κ3) is 3.76. The van der Waals surface area contributed by atoms with Gasteiger partial charge in [0.25, 0.3) is 5.91 Å². The number of hydrogen-bond donors (Lipinski definition) is 2. The maximum atomic E-state index is 12.6. The number of carbonyl (C=O) groups excluding carboxylic acids is 1. The molecule has 116 valence electrons. The number of rotatable bonds is 5. The fourth-order valence-corrected chi connectivity index (χ4v) is 3.53. The van der Waals surface area contributed by atoms with Gasteiger partial charge in [0.05, 0.1) is 5.56 Å². The number of nitrogens with zero attached hydrogens (tertiary/aromatic N) is 1. The van der Waals surface area contributed by atoms with Crippen molar-refractivity contribution in [2.75, 3.05) is 11.9 Å². The summed E-state index contributed by atoms with van der Waals surface area (Å²) in [5, 5.41) is 6.34. The summed E-state index contributed by atoms with van der Waals surface area (Å²) in [6.45, 7) is 7.21. The van der Waals surface area contributed by atoms with Gasteiger partial charge < -0.3 is 10.6 Å². The predicted octanol–water partition coefficient (Wildman–Crippen LogP) is 3.83. The van der Waals surface area contributed by atoms with Gasteiger partial charge in [-0.15, -0.1) is 0 Å². The molecule has 3 unspecified atom stereocenters. The van der Waals surface area contributed by atoms with Crippen molar-refractivity contribution < 1.29 is 4.79 Å². The number of hydrogen-bond acceptors (Lipinski definition) is 3. The molecule has 21 heavy (non-hydrogen) atoms. The van der Waals surface area contributed by atoms with Gasteiger partial charge in [-0.05, 0) is 53.6 Å². The fourth-order valence-electron chi connectivity index (χ4n) is 3.19. The Labute approximate surface area is 135 Å². The molecule has 3 atom stereocenters. The van der Waals surface area contributed by atoms with Crippen LogP contribution in [0.2, 0.25) is 0 Å². The van der Waals surface area contributed by atoms with Crippen molar-refractivity contribution in [1.29, 1.82) is 0 Å². The van der Waals surface area contributed by atoms with E-state index < -0.39 is 0 Å².